The third-order valence-corrected chi connectivity index (χ3v) is 9.45. The molecular formula is C29H48O2. The quantitative estimate of drug-likeness (QED) is 0.449. The molecule has 3 aliphatic rings. The van der Waals surface area contributed by atoms with Gasteiger partial charge in [-0.1, -0.05) is 71.8 Å². The van der Waals surface area contributed by atoms with E-state index in [9.17, 15) is 10.2 Å². The molecule has 3 saturated carbocycles. The van der Waals surface area contributed by atoms with Crippen molar-refractivity contribution in [1.29, 1.82) is 0 Å². The number of hydrogen-bond donors (Lipinski definition) is 2. The highest BCUT2D eigenvalue weighted by Gasteiger charge is 2.50. The molecule has 0 bridgehead atoms. The van der Waals surface area contributed by atoms with Crippen LogP contribution in [0, 0.1) is 35.0 Å². The van der Waals surface area contributed by atoms with E-state index in [1.54, 1.807) is 5.57 Å². The second-order valence-corrected chi connectivity index (χ2v) is 11.6. The zero-order valence-corrected chi connectivity index (χ0v) is 20.9. The summed E-state index contributed by atoms with van der Waals surface area (Å²) in [6, 6.07) is 0. The van der Waals surface area contributed by atoms with Crippen LogP contribution in [0.25, 0.3) is 0 Å². The Morgan fingerprint density at radius 3 is 2.55 bits per heavy atom. The maximum absolute atomic E-state index is 10.2. The van der Waals surface area contributed by atoms with Gasteiger partial charge in [0.05, 0.1) is 12.2 Å². The van der Waals surface area contributed by atoms with Crippen LogP contribution in [0.4, 0.5) is 0 Å². The molecular weight excluding hydrogens is 380 g/mol. The fraction of sp³-hybridized carbons (Fsp3) is 0.793. The third kappa shape index (κ3) is 5.38. The summed E-state index contributed by atoms with van der Waals surface area (Å²) in [6.45, 7) is 16.3. The Hall–Kier alpha value is -0.860. The van der Waals surface area contributed by atoms with Gasteiger partial charge in [0, 0.05) is 6.42 Å². The minimum Gasteiger partial charge on any atom is -0.393 e. The molecule has 1 unspecified atom stereocenters. The van der Waals surface area contributed by atoms with E-state index in [-0.39, 0.29) is 0 Å². The molecule has 0 radical (unpaired) electrons. The summed E-state index contributed by atoms with van der Waals surface area (Å²) in [5.74, 6) is 4.02. The molecule has 0 amide bonds. The van der Waals surface area contributed by atoms with E-state index >= 15 is 0 Å². The van der Waals surface area contributed by atoms with Gasteiger partial charge in [0.2, 0.25) is 0 Å². The number of aliphatic hydroxyl groups is 2. The Bertz CT molecular complexity index is 687. The number of fused-ring (bicyclic) bond motifs is 1. The van der Waals surface area contributed by atoms with Crippen LogP contribution < -0.4 is 0 Å². The van der Waals surface area contributed by atoms with Crippen molar-refractivity contribution in [3.8, 4) is 0 Å². The first kappa shape index (κ1) is 24.8. The lowest BCUT2D eigenvalue weighted by Crippen LogP contribution is -2.36. The van der Waals surface area contributed by atoms with Crippen LogP contribution in [0.3, 0.4) is 0 Å². The van der Waals surface area contributed by atoms with E-state index in [0.29, 0.717) is 24.2 Å². The SMILES string of the molecule is C=C1/C(=C\C=C2/CCC[C@]3(C)C([C@H](C)CC[C@H](CC)C(C)C)CC[C@@H]23)C[C@@H](O)C[C@@H]1O. The van der Waals surface area contributed by atoms with Crippen LogP contribution in [-0.2, 0) is 0 Å². The van der Waals surface area contributed by atoms with Crippen molar-refractivity contribution in [2.24, 2.45) is 35.0 Å². The summed E-state index contributed by atoms with van der Waals surface area (Å²) < 4.78 is 0. The van der Waals surface area contributed by atoms with Gasteiger partial charge in [0.25, 0.3) is 0 Å². The van der Waals surface area contributed by atoms with Crippen molar-refractivity contribution < 1.29 is 10.2 Å². The molecule has 2 nitrogen and oxygen atoms in total. The van der Waals surface area contributed by atoms with Gasteiger partial charge in [-0.2, -0.15) is 0 Å². The lowest BCUT2D eigenvalue weighted by molar-refractivity contribution is 0.0860. The Kier molecular flexibility index (Phi) is 8.30. The fourth-order valence-corrected chi connectivity index (χ4v) is 7.37. The Balaban J connectivity index is 1.71. The molecule has 31 heavy (non-hydrogen) atoms. The first-order chi connectivity index (χ1) is 14.7. The Labute approximate surface area is 191 Å². The topological polar surface area (TPSA) is 40.5 Å². The van der Waals surface area contributed by atoms with Crippen molar-refractivity contribution >= 4 is 0 Å². The molecule has 3 rings (SSSR count). The fourth-order valence-electron chi connectivity index (χ4n) is 7.37. The van der Waals surface area contributed by atoms with Crippen molar-refractivity contribution in [3.63, 3.8) is 0 Å². The summed E-state index contributed by atoms with van der Waals surface area (Å²) in [7, 11) is 0. The van der Waals surface area contributed by atoms with Gasteiger partial charge in [-0.15, -0.1) is 0 Å². The lowest BCUT2D eigenvalue weighted by Gasteiger charge is -2.44. The van der Waals surface area contributed by atoms with E-state index in [2.05, 4.69) is 53.3 Å². The van der Waals surface area contributed by atoms with E-state index in [0.717, 1.165) is 34.8 Å². The van der Waals surface area contributed by atoms with Crippen LogP contribution >= 0.6 is 0 Å². The number of hydrogen-bond acceptors (Lipinski definition) is 2. The third-order valence-electron chi connectivity index (χ3n) is 9.45. The molecule has 0 heterocycles. The Morgan fingerprint density at radius 2 is 1.87 bits per heavy atom. The van der Waals surface area contributed by atoms with Crippen LogP contribution in [0.5, 0.6) is 0 Å². The molecule has 3 aliphatic carbocycles. The molecule has 2 heteroatoms. The zero-order chi connectivity index (χ0) is 22.8. The van der Waals surface area contributed by atoms with Gasteiger partial charge in [0.15, 0.2) is 0 Å². The molecule has 0 saturated heterocycles. The van der Waals surface area contributed by atoms with Gasteiger partial charge >= 0.3 is 0 Å². The summed E-state index contributed by atoms with van der Waals surface area (Å²) in [6.07, 6.45) is 15.1. The van der Waals surface area contributed by atoms with Crippen molar-refractivity contribution in [2.45, 2.75) is 111 Å². The average Bonchev–Trinajstić information content (AvgIpc) is 3.07. The number of aliphatic hydroxyl groups excluding tert-OH is 2. The van der Waals surface area contributed by atoms with Crippen LogP contribution in [-0.4, -0.2) is 22.4 Å². The number of allylic oxidation sites excluding steroid dienone is 3. The minimum absolute atomic E-state index is 0.419. The minimum atomic E-state index is -0.598. The van der Waals surface area contributed by atoms with Crippen LogP contribution in [0.2, 0.25) is 0 Å². The maximum Gasteiger partial charge on any atom is 0.0811 e. The second-order valence-electron chi connectivity index (χ2n) is 11.6. The summed E-state index contributed by atoms with van der Waals surface area (Å²) >= 11 is 0. The first-order valence-electron chi connectivity index (χ1n) is 13.1. The van der Waals surface area contributed by atoms with E-state index in [1.807, 2.05) is 0 Å². The first-order valence-corrected chi connectivity index (χ1v) is 13.1. The molecule has 0 spiro atoms. The van der Waals surface area contributed by atoms with Gasteiger partial charge in [-0.25, -0.2) is 0 Å². The highest BCUT2D eigenvalue weighted by atomic mass is 16.3. The van der Waals surface area contributed by atoms with Crippen molar-refractivity contribution in [2.75, 3.05) is 0 Å². The highest BCUT2D eigenvalue weighted by molar-refractivity contribution is 5.38. The highest BCUT2D eigenvalue weighted by Crippen LogP contribution is 2.60. The summed E-state index contributed by atoms with van der Waals surface area (Å²) in [5.41, 5.74) is 3.87. The van der Waals surface area contributed by atoms with E-state index in [1.165, 1.54) is 51.4 Å². The van der Waals surface area contributed by atoms with Crippen molar-refractivity contribution in [3.05, 3.63) is 35.5 Å². The van der Waals surface area contributed by atoms with Crippen LogP contribution in [0.1, 0.15) is 98.8 Å². The standard InChI is InChI=1S/C29H48O2/c1-7-22(19(2)3)11-10-20(4)26-14-15-27-23(9-8-16-29(26,27)6)12-13-24-17-25(30)18-28(31)21(24)5/h12-13,19-20,22,25-28,30-31H,5,7-11,14-18H2,1-4,6H3/b23-12+,24-13-/t20-,22+,25-,26?,27+,28+,29-/m1/s1. The summed E-state index contributed by atoms with van der Waals surface area (Å²) in [5, 5.41) is 20.2. The monoisotopic (exact) mass is 428 g/mol. The Morgan fingerprint density at radius 1 is 1.13 bits per heavy atom. The van der Waals surface area contributed by atoms with Crippen molar-refractivity contribution in [1.82, 2.24) is 0 Å². The molecule has 2 N–H and O–H groups in total. The zero-order valence-electron chi connectivity index (χ0n) is 20.9. The predicted octanol–water partition coefficient (Wildman–Crippen LogP) is 7.23. The molecule has 7 atom stereocenters. The van der Waals surface area contributed by atoms with Gasteiger partial charge < -0.3 is 10.2 Å². The molecule has 0 aromatic carbocycles. The van der Waals surface area contributed by atoms with Gasteiger partial charge in [-0.05, 0) is 91.1 Å². The van der Waals surface area contributed by atoms with E-state index in [4.69, 9.17) is 0 Å². The van der Waals surface area contributed by atoms with Gasteiger partial charge in [-0.3, -0.25) is 0 Å². The average molecular weight is 429 g/mol. The largest absolute Gasteiger partial charge is 0.393 e. The maximum atomic E-state index is 10.2. The molecule has 3 fully saturated rings. The molecule has 0 aromatic heterocycles. The van der Waals surface area contributed by atoms with E-state index < -0.39 is 12.2 Å². The molecule has 176 valence electrons. The molecule has 0 aromatic rings. The second kappa shape index (κ2) is 10.4. The molecule has 0 aliphatic heterocycles. The smallest absolute Gasteiger partial charge is 0.0811 e. The lowest BCUT2D eigenvalue weighted by atomic mass is 9.60. The number of rotatable bonds is 7. The summed E-state index contributed by atoms with van der Waals surface area (Å²) in [4.78, 5) is 0. The van der Waals surface area contributed by atoms with Crippen LogP contribution in [0.15, 0.2) is 35.5 Å². The normalized spacial score (nSPS) is 38.6. The van der Waals surface area contributed by atoms with Gasteiger partial charge in [0.1, 0.15) is 0 Å². The predicted molar refractivity (Wildman–Crippen MR) is 132 cm³/mol.